The Labute approximate surface area is 598 Å². The number of carbonyl (C=O) groups is 12. The number of halogens is 1. The van der Waals surface area contributed by atoms with E-state index in [9.17, 15) is 38.4 Å². The van der Waals surface area contributed by atoms with E-state index in [1.165, 1.54) is 69.5 Å². The van der Waals surface area contributed by atoms with Gasteiger partial charge in [-0.15, -0.1) is 0 Å². The molecule has 3 heterocycles. The summed E-state index contributed by atoms with van der Waals surface area (Å²) in [4.78, 5) is 190. The van der Waals surface area contributed by atoms with E-state index in [4.69, 9.17) is 0 Å². The van der Waals surface area contributed by atoms with Crippen molar-refractivity contribution in [2.45, 2.75) is 280 Å². The molecule has 98 heavy (non-hydrogen) atoms. The molecular formula is C73H123IN12O12. The van der Waals surface area contributed by atoms with Gasteiger partial charge >= 0.3 is 0 Å². The van der Waals surface area contributed by atoms with Crippen molar-refractivity contribution >= 4 is 93.5 Å². The Kier molecular flexibility index (Phi) is 31.4. The van der Waals surface area contributed by atoms with Crippen molar-refractivity contribution in [3.8, 4) is 0 Å². The molecule has 554 valence electrons. The Morgan fingerprint density at radius 2 is 1.11 bits per heavy atom. The second kappa shape index (κ2) is 37.9. The minimum atomic E-state index is -1.65. The summed E-state index contributed by atoms with van der Waals surface area (Å²) in [5.74, 6) is -7.12. The van der Waals surface area contributed by atoms with Crippen LogP contribution in [0.1, 0.15) is 222 Å². The molecule has 3 saturated heterocycles. The zero-order chi connectivity index (χ0) is 72.5. The normalized spacial score (nSPS) is 29.5. The number of amides is 12. The number of hydrogen-bond donors (Lipinski definition) is 4. The highest BCUT2D eigenvalue weighted by Crippen LogP contribution is 2.35. The van der Waals surface area contributed by atoms with Gasteiger partial charge in [0.2, 0.25) is 70.9 Å². The third-order valence-electron chi connectivity index (χ3n) is 22.5. The maximum absolute atomic E-state index is 15.4. The van der Waals surface area contributed by atoms with E-state index in [-0.39, 0.29) is 55.9 Å². The molecular weight excluding hydrogens is 1360 g/mol. The molecule has 24 nitrogen and oxygen atoms in total. The highest BCUT2D eigenvalue weighted by atomic mass is 127. The Morgan fingerprint density at radius 3 is 1.69 bits per heavy atom. The van der Waals surface area contributed by atoms with Crippen molar-refractivity contribution in [1.82, 2.24) is 60.5 Å². The van der Waals surface area contributed by atoms with E-state index < -0.39 is 150 Å². The molecule has 3 aliphatic carbocycles. The van der Waals surface area contributed by atoms with E-state index in [1.807, 2.05) is 34.6 Å². The van der Waals surface area contributed by atoms with Crippen LogP contribution >= 0.6 is 22.6 Å². The van der Waals surface area contributed by atoms with Crippen LogP contribution < -0.4 is 21.3 Å². The summed E-state index contributed by atoms with van der Waals surface area (Å²) in [6.07, 6.45) is 17.7. The summed E-state index contributed by atoms with van der Waals surface area (Å²) >= 11 is 2.43. The van der Waals surface area contributed by atoms with Crippen LogP contribution in [0.2, 0.25) is 0 Å². The number of fused-ring (bicyclic) bond motifs is 1. The third-order valence-corrected chi connectivity index (χ3v) is 23.6. The standard InChI is InChI=1S/C73H123IN12O12/c1-15-48(6)63-71(97)80(10)45-62(89)86-37-34-56(86)69(95)83(13)58(42-50-28-21-17-22-29-50)68(94)79(9)44-60(87)75-54(41-51-30-25-31-52(74)40-51)64(90)76-53(33-32-49-26-19-16-20-27-49)67(93)84(14)73(7,8)72(98)77-55(38-46(2)3)66(92)82(12)59(70(96)85-35-23-18-24-36-85)43-61(88)81(11)57(39-47(4)5)65(91)78-63/h46-59,63H,15-45H2,1-14H3,(H,75,87)(H,76,90)(H,77,98)(H,78,91)/t48-,51?,52?,53-,54-,55-,56-,57-,58-,59-,63-/m0/s1. The second-order valence-corrected chi connectivity index (χ2v) is 33.1. The Bertz CT molecular complexity index is 2770. The van der Waals surface area contributed by atoms with Gasteiger partial charge < -0.3 is 60.5 Å². The Hall–Kier alpha value is -5.63. The lowest BCUT2D eigenvalue weighted by molar-refractivity contribution is -0.158. The first-order valence-electron chi connectivity index (χ1n) is 37.3. The quantitative estimate of drug-likeness (QED) is 0.108. The van der Waals surface area contributed by atoms with E-state index in [1.54, 1.807) is 32.7 Å². The fourth-order valence-corrected chi connectivity index (χ4v) is 16.6. The number of alkyl halides is 1. The van der Waals surface area contributed by atoms with Crippen LogP contribution in [0.3, 0.4) is 0 Å². The highest BCUT2D eigenvalue weighted by molar-refractivity contribution is 14.1. The van der Waals surface area contributed by atoms with Gasteiger partial charge in [0.15, 0.2) is 0 Å². The summed E-state index contributed by atoms with van der Waals surface area (Å²) in [6, 6.07) is -9.13. The van der Waals surface area contributed by atoms with Gasteiger partial charge in [-0.3, -0.25) is 57.5 Å². The summed E-state index contributed by atoms with van der Waals surface area (Å²) in [5, 5.41) is 12.0. The van der Waals surface area contributed by atoms with Gasteiger partial charge in [0.05, 0.1) is 19.5 Å². The number of nitrogens with zero attached hydrogens (tertiary/aromatic N) is 8. The monoisotopic (exact) mass is 1490 g/mol. The van der Waals surface area contributed by atoms with Gasteiger partial charge in [-0.1, -0.05) is 148 Å². The number of nitrogens with one attached hydrogen (secondary N) is 4. The van der Waals surface area contributed by atoms with Crippen molar-refractivity contribution in [3.63, 3.8) is 0 Å². The molecule has 0 bridgehead atoms. The smallest absolute Gasteiger partial charge is 0.246 e. The predicted octanol–water partition coefficient (Wildman–Crippen LogP) is 6.43. The maximum atomic E-state index is 15.4. The summed E-state index contributed by atoms with van der Waals surface area (Å²) in [7, 11) is 8.92. The highest BCUT2D eigenvalue weighted by Gasteiger charge is 2.47. The van der Waals surface area contributed by atoms with Gasteiger partial charge in [0.1, 0.15) is 53.9 Å². The van der Waals surface area contributed by atoms with Crippen molar-refractivity contribution in [1.29, 1.82) is 0 Å². The molecule has 3 saturated carbocycles. The minimum absolute atomic E-state index is 0.0546. The molecule has 0 aromatic carbocycles. The molecule has 6 aliphatic rings. The average molecular weight is 1490 g/mol. The SMILES string of the molecule is CC[C@H](C)[C@@H]1NC(=O)[C@H](CC(C)C)N(C)C(=O)C[C@@H](C(=O)N2CCCCC2)N(C)C(=O)[C@H](CC(C)C)NC(=O)C(C)(C)N(C)C(=O)[C@H](CCC2CCCCC2)NC(=O)[C@H](CC2CCCC(I)C2)NC(=O)CN(C)C(=O)[C@H](CC2CCCCC2)N(C)C(=O)[C@@H]2CCN2C(=O)CN(C)C1=O. The van der Waals surface area contributed by atoms with Crippen molar-refractivity contribution in [3.05, 3.63) is 0 Å². The van der Waals surface area contributed by atoms with Crippen LogP contribution in [0.25, 0.3) is 0 Å². The minimum Gasteiger partial charge on any atom is -0.343 e. The summed E-state index contributed by atoms with van der Waals surface area (Å²) < 4.78 is 0.355. The van der Waals surface area contributed by atoms with E-state index >= 15 is 19.2 Å². The Balaban J connectivity index is 1.42. The van der Waals surface area contributed by atoms with Crippen LogP contribution in [0.15, 0.2) is 0 Å². The first-order chi connectivity index (χ1) is 46.2. The fourth-order valence-electron chi connectivity index (χ4n) is 15.4. The first-order valence-corrected chi connectivity index (χ1v) is 38.5. The van der Waals surface area contributed by atoms with Crippen LogP contribution in [0.5, 0.6) is 0 Å². The molecule has 2 unspecified atom stereocenters. The fraction of sp³-hybridized carbons (Fsp3) is 0.836. The molecule has 0 aromatic rings. The van der Waals surface area contributed by atoms with Crippen molar-refractivity contribution < 1.29 is 57.5 Å². The Morgan fingerprint density at radius 1 is 0.520 bits per heavy atom. The number of rotatable bonds is 14. The van der Waals surface area contributed by atoms with Crippen LogP contribution in [-0.4, -0.2) is 243 Å². The van der Waals surface area contributed by atoms with Crippen LogP contribution in [0.4, 0.5) is 0 Å². The average Bonchev–Trinajstić information content (AvgIpc) is 0.793. The lowest BCUT2D eigenvalue weighted by Crippen LogP contribution is -2.64. The van der Waals surface area contributed by atoms with Crippen LogP contribution in [0, 0.1) is 35.5 Å². The number of piperidine rings is 1. The number of hydrogen-bond acceptors (Lipinski definition) is 12. The molecule has 0 aromatic heterocycles. The van der Waals surface area contributed by atoms with E-state index in [2.05, 4.69) is 43.9 Å². The maximum Gasteiger partial charge on any atom is 0.246 e. The molecule has 0 spiro atoms. The molecule has 4 N–H and O–H groups in total. The van der Waals surface area contributed by atoms with Gasteiger partial charge in [-0.25, -0.2) is 0 Å². The molecule has 11 atom stereocenters. The summed E-state index contributed by atoms with van der Waals surface area (Å²) in [5.41, 5.74) is -1.65. The number of likely N-dealkylation sites (tertiary alicyclic amines) is 1. The zero-order valence-electron chi connectivity index (χ0n) is 61.9. The predicted molar refractivity (Wildman–Crippen MR) is 384 cm³/mol. The van der Waals surface area contributed by atoms with Gasteiger partial charge in [0, 0.05) is 65.8 Å². The molecule has 3 aliphatic heterocycles. The number of carbonyl (C=O) groups excluding carboxylic acids is 12. The second-order valence-electron chi connectivity index (χ2n) is 31.3. The third kappa shape index (κ3) is 22.2. The van der Waals surface area contributed by atoms with Crippen molar-refractivity contribution in [2.24, 2.45) is 35.5 Å². The summed E-state index contributed by atoms with van der Waals surface area (Å²) in [6.45, 7) is 14.5. The van der Waals surface area contributed by atoms with E-state index in [0.717, 1.165) is 96.3 Å². The number of likely N-dealkylation sites (N-methyl/N-ethyl adjacent to an activating group) is 6. The molecule has 25 heteroatoms. The molecule has 0 radical (unpaired) electrons. The lowest BCUT2D eigenvalue weighted by atomic mass is 9.84. The van der Waals surface area contributed by atoms with Crippen LogP contribution in [-0.2, 0) is 57.5 Å². The largest absolute Gasteiger partial charge is 0.343 e. The topological polar surface area (TPSA) is 279 Å². The van der Waals surface area contributed by atoms with Gasteiger partial charge in [-0.2, -0.15) is 0 Å². The van der Waals surface area contributed by atoms with Crippen molar-refractivity contribution in [2.75, 3.05) is 75.0 Å². The van der Waals surface area contributed by atoms with Gasteiger partial charge in [-0.05, 0) is 126 Å². The molecule has 12 amide bonds. The molecule has 6 fully saturated rings. The first kappa shape index (κ1) is 81.3. The van der Waals surface area contributed by atoms with E-state index in [0.29, 0.717) is 61.5 Å². The zero-order valence-corrected chi connectivity index (χ0v) is 64.1. The molecule has 6 rings (SSSR count). The lowest BCUT2D eigenvalue weighted by Gasteiger charge is -2.44. The van der Waals surface area contributed by atoms with Gasteiger partial charge in [0.25, 0.3) is 0 Å².